The number of ether oxygens (including phenoxy) is 1. The zero-order valence-corrected chi connectivity index (χ0v) is 23.0. The van der Waals surface area contributed by atoms with E-state index < -0.39 is 5.25 Å². The van der Waals surface area contributed by atoms with Crippen molar-refractivity contribution in [2.75, 3.05) is 17.2 Å². The summed E-state index contributed by atoms with van der Waals surface area (Å²) in [6.07, 6.45) is 0. The van der Waals surface area contributed by atoms with Gasteiger partial charge in [-0.15, -0.1) is 10.2 Å². The first kappa shape index (κ1) is 26.4. The summed E-state index contributed by atoms with van der Waals surface area (Å²) in [4.78, 5) is 25.3. The van der Waals surface area contributed by atoms with Crippen molar-refractivity contribution in [3.63, 3.8) is 0 Å². The van der Waals surface area contributed by atoms with Gasteiger partial charge in [-0.2, -0.15) is 0 Å². The summed E-state index contributed by atoms with van der Waals surface area (Å²) >= 11 is 4.73. The van der Waals surface area contributed by atoms with Gasteiger partial charge in [-0.1, -0.05) is 23.9 Å². The SMILES string of the molecule is CCOc1ccc(NC(=O)[C@H](C)Sc2nnc(-c3ccc(NC(=O)c4ccccc4Br)cc3)n2C)cc1. The smallest absolute Gasteiger partial charge is 0.256 e. The summed E-state index contributed by atoms with van der Waals surface area (Å²) < 4.78 is 8.01. The second-order valence-corrected chi connectivity index (χ2v) is 10.2. The zero-order chi connectivity index (χ0) is 26.4. The lowest BCUT2D eigenvalue weighted by Crippen LogP contribution is -2.22. The fourth-order valence-corrected chi connectivity index (χ4v) is 4.75. The average Bonchev–Trinajstić information content (AvgIpc) is 3.25. The Morgan fingerprint density at radius 2 is 1.62 bits per heavy atom. The Morgan fingerprint density at radius 1 is 0.973 bits per heavy atom. The lowest BCUT2D eigenvalue weighted by molar-refractivity contribution is -0.115. The summed E-state index contributed by atoms with van der Waals surface area (Å²) in [6.45, 7) is 4.34. The topological polar surface area (TPSA) is 98.1 Å². The van der Waals surface area contributed by atoms with E-state index in [0.717, 1.165) is 15.8 Å². The number of aromatic nitrogens is 3. The van der Waals surface area contributed by atoms with E-state index in [4.69, 9.17) is 4.74 Å². The lowest BCUT2D eigenvalue weighted by Gasteiger charge is -2.12. The number of carbonyl (C=O) groups is 2. The molecule has 0 aliphatic rings. The van der Waals surface area contributed by atoms with Crippen molar-refractivity contribution in [1.82, 2.24) is 14.8 Å². The number of amides is 2. The molecule has 0 saturated heterocycles. The van der Waals surface area contributed by atoms with E-state index in [-0.39, 0.29) is 11.8 Å². The van der Waals surface area contributed by atoms with Crippen LogP contribution in [0, 0.1) is 0 Å². The number of nitrogens with one attached hydrogen (secondary N) is 2. The van der Waals surface area contributed by atoms with E-state index in [1.54, 1.807) is 6.07 Å². The Morgan fingerprint density at radius 3 is 2.30 bits per heavy atom. The number of nitrogens with zero attached hydrogens (tertiary/aromatic N) is 3. The van der Waals surface area contributed by atoms with Crippen molar-refractivity contribution in [1.29, 1.82) is 0 Å². The number of hydrogen-bond acceptors (Lipinski definition) is 6. The third kappa shape index (κ3) is 6.58. The van der Waals surface area contributed by atoms with Gasteiger partial charge >= 0.3 is 0 Å². The summed E-state index contributed by atoms with van der Waals surface area (Å²) in [5, 5.41) is 14.6. The van der Waals surface area contributed by atoms with Gasteiger partial charge in [0, 0.05) is 28.5 Å². The van der Waals surface area contributed by atoms with Crippen LogP contribution in [0.3, 0.4) is 0 Å². The average molecular weight is 581 g/mol. The van der Waals surface area contributed by atoms with Crippen molar-refractivity contribution < 1.29 is 14.3 Å². The molecule has 0 spiro atoms. The third-order valence-electron chi connectivity index (χ3n) is 5.44. The molecule has 0 fully saturated rings. The Kier molecular flexibility index (Phi) is 8.62. The van der Waals surface area contributed by atoms with Crippen molar-refractivity contribution in [3.8, 4) is 17.1 Å². The number of carbonyl (C=O) groups excluding carboxylic acids is 2. The number of rotatable bonds is 9. The van der Waals surface area contributed by atoms with Crippen LogP contribution in [0.4, 0.5) is 11.4 Å². The maximum Gasteiger partial charge on any atom is 0.256 e. The second kappa shape index (κ2) is 12.1. The van der Waals surface area contributed by atoms with Gasteiger partial charge in [0.2, 0.25) is 5.91 Å². The van der Waals surface area contributed by atoms with Gasteiger partial charge in [-0.3, -0.25) is 9.59 Å². The molecule has 37 heavy (non-hydrogen) atoms. The molecule has 10 heteroatoms. The standard InChI is InChI=1S/C27H26BrN5O3S/c1-4-36-21-15-13-20(14-16-21)29-25(34)17(2)37-27-32-31-24(33(27)3)18-9-11-19(12-10-18)30-26(35)22-7-5-6-8-23(22)28/h5-17H,4H2,1-3H3,(H,29,34)(H,30,35)/t17-/m0/s1. The van der Waals surface area contributed by atoms with Gasteiger partial charge < -0.3 is 19.9 Å². The minimum atomic E-state index is -0.391. The predicted octanol–water partition coefficient (Wildman–Crippen LogP) is 6.01. The highest BCUT2D eigenvalue weighted by atomic mass is 79.9. The van der Waals surface area contributed by atoms with Crippen molar-refractivity contribution in [2.24, 2.45) is 7.05 Å². The van der Waals surface area contributed by atoms with Crippen LogP contribution in [0.2, 0.25) is 0 Å². The highest BCUT2D eigenvalue weighted by molar-refractivity contribution is 9.10. The Bertz CT molecular complexity index is 1390. The molecule has 2 N–H and O–H groups in total. The second-order valence-electron chi connectivity index (χ2n) is 8.08. The highest BCUT2D eigenvalue weighted by Gasteiger charge is 2.20. The van der Waals surface area contributed by atoms with Crippen molar-refractivity contribution in [3.05, 3.63) is 82.8 Å². The molecule has 0 aliphatic carbocycles. The number of halogens is 1. The summed E-state index contributed by atoms with van der Waals surface area (Å²) in [6, 6.07) is 21.9. The molecule has 2 amide bonds. The van der Waals surface area contributed by atoms with Crippen LogP contribution in [-0.4, -0.2) is 38.4 Å². The number of benzene rings is 3. The third-order valence-corrected chi connectivity index (χ3v) is 7.26. The fraction of sp³-hybridized carbons (Fsp3) is 0.185. The molecule has 0 saturated carbocycles. The number of hydrogen-bond donors (Lipinski definition) is 2. The monoisotopic (exact) mass is 579 g/mol. The Hall–Kier alpha value is -3.63. The minimum absolute atomic E-state index is 0.135. The van der Waals surface area contributed by atoms with Gasteiger partial charge in [-0.05, 0) is 90.4 Å². The highest BCUT2D eigenvalue weighted by Crippen LogP contribution is 2.27. The molecule has 8 nitrogen and oxygen atoms in total. The fourth-order valence-electron chi connectivity index (χ4n) is 3.47. The van der Waals surface area contributed by atoms with E-state index in [0.29, 0.717) is 34.5 Å². The van der Waals surface area contributed by atoms with Crippen LogP contribution in [-0.2, 0) is 11.8 Å². The maximum absolute atomic E-state index is 12.7. The van der Waals surface area contributed by atoms with Crippen molar-refractivity contribution in [2.45, 2.75) is 24.3 Å². The van der Waals surface area contributed by atoms with E-state index in [1.165, 1.54) is 11.8 Å². The first-order valence-electron chi connectivity index (χ1n) is 11.6. The Balaban J connectivity index is 1.38. The molecular formula is C27H26BrN5O3S. The van der Waals surface area contributed by atoms with Gasteiger partial charge in [-0.25, -0.2) is 0 Å². The molecular weight excluding hydrogens is 554 g/mol. The predicted molar refractivity (Wildman–Crippen MR) is 150 cm³/mol. The van der Waals surface area contributed by atoms with Gasteiger partial charge in [0.25, 0.3) is 5.91 Å². The van der Waals surface area contributed by atoms with Crippen molar-refractivity contribution >= 4 is 50.9 Å². The Labute approximate surface area is 228 Å². The van der Waals surface area contributed by atoms with Gasteiger partial charge in [0.15, 0.2) is 11.0 Å². The van der Waals surface area contributed by atoms with Gasteiger partial charge in [0.1, 0.15) is 5.75 Å². The molecule has 1 atom stereocenters. The molecule has 1 heterocycles. The molecule has 0 bridgehead atoms. The molecule has 0 radical (unpaired) electrons. The van der Waals surface area contributed by atoms with Crippen LogP contribution in [0.15, 0.2) is 82.4 Å². The zero-order valence-electron chi connectivity index (χ0n) is 20.6. The van der Waals surface area contributed by atoms with Crippen LogP contribution < -0.4 is 15.4 Å². The molecule has 1 aromatic heterocycles. The molecule has 3 aromatic carbocycles. The summed E-state index contributed by atoms with van der Waals surface area (Å²) in [5.41, 5.74) is 2.77. The molecule has 4 rings (SSSR count). The summed E-state index contributed by atoms with van der Waals surface area (Å²) in [7, 11) is 1.86. The van der Waals surface area contributed by atoms with Crippen LogP contribution in [0.25, 0.3) is 11.4 Å². The molecule has 0 aliphatic heterocycles. The number of thioether (sulfide) groups is 1. The normalized spacial score (nSPS) is 11.6. The number of anilines is 2. The van der Waals surface area contributed by atoms with E-state index in [2.05, 4.69) is 36.8 Å². The maximum atomic E-state index is 12.7. The van der Waals surface area contributed by atoms with Crippen LogP contribution in [0.1, 0.15) is 24.2 Å². The molecule has 0 unspecified atom stereocenters. The largest absolute Gasteiger partial charge is 0.494 e. The van der Waals surface area contributed by atoms with E-state index in [1.807, 2.05) is 92.2 Å². The lowest BCUT2D eigenvalue weighted by atomic mass is 10.1. The van der Waals surface area contributed by atoms with Gasteiger partial charge in [0.05, 0.1) is 17.4 Å². The summed E-state index contributed by atoms with van der Waals surface area (Å²) in [5.74, 6) is 1.08. The molecule has 190 valence electrons. The first-order chi connectivity index (χ1) is 17.9. The minimum Gasteiger partial charge on any atom is -0.494 e. The quantitative estimate of drug-likeness (QED) is 0.235. The molecule has 4 aromatic rings. The van der Waals surface area contributed by atoms with E-state index in [9.17, 15) is 9.59 Å². The van der Waals surface area contributed by atoms with E-state index >= 15 is 0 Å². The van der Waals surface area contributed by atoms with Crippen LogP contribution in [0.5, 0.6) is 5.75 Å². The first-order valence-corrected chi connectivity index (χ1v) is 13.3. The van der Waals surface area contributed by atoms with Crippen LogP contribution >= 0.6 is 27.7 Å².